The van der Waals surface area contributed by atoms with E-state index < -0.39 is 6.03 Å². The first-order valence-electron chi connectivity index (χ1n) is 9.22. The Morgan fingerprint density at radius 2 is 1.80 bits per heavy atom. The van der Waals surface area contributed by atoms with Gasteiger partial charge in [-0.3, -0.25) is 10.1 Å². The molecule has 9 heteroatoms. The third-order valence-corrected chi connectivity index (χ3v) is 6.93. The highest BCUT2D eigenvalue weighted by Gasteiger charge is 2.13. The molecular weight excluding hydrogens is 436 g/mol. The third-order valence-electron chi connectivity index (χ3n) is 4.14. The quantitative estimate of drug-likeness (QED) is 0.315. The van der Waals surface area contributed by atoms with Crippen molar-refractivity contribution in [2.24, 2.45) is 0 Å². The molecule has 152 valence electrons. The summed E-state index contributed by atoms with van der Waals surface area (Å²) in [6, 6.07) is 15.1. The number of hydrogen-bond acceptors (Lipinski definition) is 7. The van der Waals surface area contributed by atoms with Crippen molar-refractivity contribution in [3.8, 4) is 10.7 Å². The number of aromatic nitrogens is 2. The molecular formula is C21H18N4O2S3. The Labute approximate surface area is 185 Å². The molecule has 0 fully saturated rings. The Morgan fingerprint density at radius 1 is 0.967 bits per heavy atom. The van der Waals surface area contributed by atoms with Gasteiger partial charge >= 0.3 is 6.03 Å². The number of para-hydroxylation sites is 1. The van der Waals surface area contributed by atoms with Crippen LogP contribution in [0.1, 0.15) is 4.88 Å². The zero-order chi connectivity index (χ0) is 20.8. The van der Waals surface area contributed by atoms with Gasteiger partial charge in [-0.1, -0.05) is 42.1 Å². The fourth-order valence-electron chi connectivity index (χ4n) is 2.77. The van der Waals surface area contributed by atoms with Gasteiger partial charge in [0.05, 0.1) is 16.1 Å². The van der Waals surface area contributed by atoms with Crippen molar-refractivity contribution >= 4 is 57.3 Å². The molecule has 0 atom stereocenters. The molecule has 3 aromatic heterocycles. The molecule has 3 heterocycles. The summed E-state index contributed by atoms with van der Waals surface area (Å²) in [6.45, 7) is 0.480. The molecule has 0 bridgehead atoms. The molecule has 0 aliphatic heterocycles. The highest BCUT2D eigenvalue weighted by atomic mass is 32.2. The van der Waals surface area contributed by atoms with Crippen LogP contribution >= 0.6 is 34.4 Å². The molecule has 4 aromatic rings. The van der Waals surface area contributed by atoms with E-state index in [4.69, 9.17) is 0 Å². The van der Waals surface area contributed by atoms with E-state index in [1.807, 2.05) is 59.3 Å². The minimum Gasteiger partial charge on any atom is -0.337 e. The first kappa shape index (κ1) is 20.5. The Kier molecular flexibility index (Phi) is 6.73. The first-order valence-corrected chi connectivity index (χ1v) is 12.0. The second-order valence-corrected chi connectivity index (χ2v) is 9.21. The van der Waals surface area contributed by atoms with Crippen molar-refractivity contribution in [1.82, 2.24) is 20.6 Å². The number of nitrogens with one attached hydrogen (secondary N) is 2. The van der Waals surface area contributed by atoms with Gasteiger partial charge in [0.2, 0.25) is 5.91 Å². The zero-order valence-corrected chi connectivity index (χ0v) is 18.3. The minimum absolute atomic E-state index is 0.0865. The zero-order valence-electron chi connectivity index (χ0n) is 15.8. The lowest BCUT2D eigenvalue weighted by Crippen LogP contribution is -2.41. The predicted molar refractivity (Wildman–Crippen MR) is 123 cm³/mol. The lowest BCUT2D eigenvalue weighted by Gasteiger charge is -2.08. The van der Waals surface area contributed by atoms with Crippen LogP contribution < -0.4 is 10.6 Å². The van der Waals surface area contributed by atoms with Crippen LogP contribution in [0.3, 0.4) is 0 Å². The maximum absolute atomic E-state index is 12.2. The van der Waals surface area contributed by atoms with Crippen LogP contribution in [-0.4, -0.2) is 34.2 Å². The van der Waals surface area contributed by atoms with E-state index in [9.17, 15) is 9.59 Å². The Hall–Kier alpha value is -2.75. The summed E-state index contributed by atoms with van der Waals surface area (Å²) in [5.41, 5.74) is 0.824. The van der Waals surface area contributed by atoms with Crippen molar-refractivity contribution in [1.29, 1.82) is 0 Å². The molecule has 0 aliphatic rings. The number of hydrogen-bond donors (Lipinski definition) is 2. The highest BCUT2D eigenvalue weighted by molar-refractivity contribution is 8.00. The monoisotopic (exact) mass is 454 g/mol. The summed E-state index contributed by atoms with van der Waals surface area (Å²) in [5, 5.41) is 10.7. The van der Waals surface area contributed by atoms with E-state index in [0.717, 1.165) is 27.2 Å². The standard InChI is InChI=1S/C21H18N4O2S3/c26-18(24-21(27)22-10-9-14-5-3-11-28-14)13-30-20-15-6-1-2-7-16(15)23-19(25-20)17-8-4-12-29-17/h1-8,11-12H,9-10,13H2,(H2,22,24,26,27). The number of carbonyl (C=O) groups is 2. The highest BCUT2D eigenvalue weighted by Crippen LogP contribution is 2.29. The average molecular weight is 455 g/mol. The van der Waals surface area contributed by atoms with E-state index in [1.165, 1.54) is 16.6 Å². The molecule has 3 amide bonds. The van der Waals surface area contributed by atoms with Gasteiger partial charge in [-0.05, 0) is 35.4 Å². The van der Waals surface area contributed by atoms with Gasteiger partial charge in [0, 0.05) is 16.8 Å². The van der Waals surface area contributed by atoms with Gasteiger partial charge in [-0.2, -0.15) is 0 Å². The number of thioether (sulfide) groups is 1. The van der Waals surface area contributed by atoms with Gasteiger partial charge in [0.1, 0.15) is 5.03 Å². The van der Waals surface area contributed by atoms with Crippen LogP contribution in [0.15, 0.2) is 64.3 Å². The third kappa shape index (κ3) is 5.24. The van der Waals surface area contributed by atoms with E-state index in [1.54, 1.807) is 22.7 Å². The number of benzene rings is 1. The number of fused-ring (bicyclic) bond motifs is 1. The van der Waals surface area contributed by atoms with E-state index in [0.29, 0.717) is 12.4 Å². The van der Waals surface area contributed by atoms with Crippen molar-refractivity contribution in [3.05, 3.63) is 64.2 Å². The predicted octanol–water partition coefficient (Wildman–Crippen LogP) is 4.58. The summed E-state index contributed by atoms with van der Waals surface area (Å²) < 4.78 is 0. The normalized spacial score (nSPS) is 10.8. The number of thiophene rings is 2. The molecule has 0 radical (unpaired) electrons. The van der Waals surface area contributed by atoms with Crippen LogP contribution in [0.2, 0.25) is 0 Å². The Bertz CT molecular complexity index is 1140. The SMILES string of the molecule is O=C(CSc1nc(-c2cccs2)nc2ccccc12)NC(=O)NCCc1cccs1. The average Bonchev–Trinajstić information content (AvgIpc) is 3.46. The molecule has 0 saturated heterocycles. The number of carbonyl (C=O) groups excluding carboxylic acids is 2. The fourth-order valence-corrected chi connectivity index (χ4v) is 4.95. The maximum atomic E-state index is 12.2. The van der Waals surface area contributed by atoms with Crippen molar-refractivity contribution in [2.75, 3.05) is 12.3 Å². The summed E-state index contributed by atoms with van der Waals surface area (Å²) in [5.74, 6) is 0.357. The second kappa shape index (κ2) is 9.84. The largest absolute Gasteiger partial charge is 0.337 e. The molecule has 2 N–H and O–H groups in total. The smallest absolute Gasteiger partial charge is 0.321 e. The van der Waals surface area contributed by atoms with Crippen molar-refractivity contribution in [3.63, 3.8) is 0 Å². The van der Waals surface area contributed by atoms with Crippen LogP contribution in [-0.2, 0) is 11.2 Å². The fraction of sp³-hybridized carbons (Fsp3) is 0.143. The number of nitrogens with zero attached hydrogens (tertiary/aromatic N) is 2. The van der Waals surface area contributed by atoms with Crippen LogP contribution in [0.4, 0.5) is 4.79 Å². The summed E-state index contributed by atoms with van der Waals surface area (Å²) in [6.07, 6.45) is 0.743. The molecule has 6 nitrogen and oxygen atoms in total. The number of imide groups is 1. The molecule has 1 aromatic carbocycles. The topological polar surface area (TPSA) is 84.0 Å². The lowest BCUT2D eigenvalue weighted by atomic mass is 10.2. The summed E-state index contributed by atoms with van der Waals surface area (Å²) in [7, 11) is 0. The van der Waals surface area contributed by atoms with E-state index >= 15 is 0 Å². The molecule has 0 spiro atoms. The van der Waals surface area contributed by atoms with E-state index in [-0.39, 0.29) is 11.7 Å². The van der Waals surface area contributed by atoms with Crippen molar-refractivity contribution < 1.29 is 9.59 Å². The molecule has 0 aliphatic carbocycles. The number of amides is 3. The number of urea groups is 1. The Balaban J connectivity index is 1.36. The van der Waals surface area contributed by atoms with Gasteiger partial charge in [0.15, 0.2) is 5.82 Å². The van der Waals surface area contributed by atoms with Gasteiger partial charge in [-0.15, -0.1) is 22.7 Å². The summed E-state index contributed by atoms with van der Waals surface area (Å²) in [4.78, 5) is 35.6. The van der Waals surface area contributed by atoms with E-state index in [2.05, 4.69) is 20.6 Å². The molecule has 0 unspecified atom stereocenters. The molecule has 4 rings (SSSR count). The lowest BCUT2D eigenvalue weighted by molar-refractivity contribution is -0.117. The number of rotatable bonds is 7. The van der Waals surface area contributed by atoms with Gasteiger partial charge in [0.25, 0.3) is 0 Å². The second-order valence-electron chi connectivity index (χ2n) is 6.27. The minimum atomic E-state index is -0.482. The maximum Gasteiger partial charge on any atom is 0.321 e. The van der Waals surface area contributed by atoms with Crippen LogP contribution in [0, 0.1) is 0 Å². The summed E-state index contributed by atoms with van der Waals surface area (Å²) >= 11 is 4.51. The molecule has 0 saturated carbocycles. The molecule has 30 heavy (non-hydrogen) atoms. The first-order chi connectivity index (χ1) is 14.7. The van der Waals surface area contributed by atoms with Gasteiger partial charge < -0.3 is 5.32 Å². The van der Waals surface area contributed by atoms with Gasteiger partial charge in [-0.25, -0.2) is 14.8 Å². The Morgan fingerprint density at radius 3 is 2.60 bits per heavy atom. The van der Waals surface area contributed by atoms with Crippen molar-refractivity contribution in [2.45, 2.75) is 11.4 Å². The van der Waals surface area contributed by atoms with Crippen LogP contribution in [0.25, 0.3) is 21.6 Å². The van der Waals surface area contributed by atoms with Crippen LogP contribution in [0.5, 0.6) is 0 Å².